The minimum atomic E-state index is -0.202. The maximum Gasteiger partial charge on any atom is 0.241 e. The number of likely N-dealkylation sites (N-methyl/N-ethyl adjacent to an activating group) is 1. The molecule has 0 spiro atoms. The van der Waals surface area contributed by atoms with Crippen LogP contribution in [0.1, 0.15) is 19.4 Å². The molecule has 0 aliphatic carbocycles. The van der Waals surface area contributed by atoms with Gasteiger partial charge in [-0.25, -0.2) is 0 Å². The van der Waals surface area contributed by atoms with E-state index in [1.807, 2.05) is 19.1 Å². The lowest BCUT2D eigenvalue weighted by Gasteiger charge is -2.26. The Hall–Kier alpha value is -1.54. The molecule has 0 heterocycles. The Morgan fingerprint density at radius 1 is 0.970 bits per heavy atom. The van der Waals surface area contributed by atoms with Crippen LogP contribution in [0.15, 0.2) is 36.4 Å². The molecule has 33 heavy (non-hydrogen) atoms. The molecule has 2 aromatic carbocycles. The molecule has 10 heteroatoms. The molecule has 2 amide bonds. The average molecular weight is 536 g/mol. The molecule has 0 saturated carbocycles. The first-order valence-electron chi connectivity index (χ1n) is 10.3. The number of hydrogen-bond donors (Lipinski definition) is 2. The van der Waals surface area contributed by atoms with Gasteiger partial charge in [0.15, 0.2) is 0 Å². The number of nitrogens with zero attached hydrogens (tertiary/aromatic N) is 2. The van der Waals surface area contributed by atoms with Gasteiger partial charge in [0.1, 0.15) is 0 Å². The zero-order valence-electron chi connectivity index (χ0n) is 19.1. The second-order valence-electron chi connectivity index (χ2n) is 7.74. The smallest absolute Gasteiger partial charge is 0.241 e. The largest absolute Gasteiger partial charge is 0.314 e. The molecule has 0 saturated heterocycles. The van der Waals surface area contributed by atoms with E-state index in [1.165, 1.54) is 4.90 Å². The Labute approximate surface area is 217 Å². The molecule has 2 aromatic rings. The summed E-state index contributed by atoms with van der Waals surface area (Å²) in [5.74, 6) is -0.335. The average Bonchev–Trinajstić information content (AvgIpc) is 2.73. The summed E-state index contributed by atoms with van der Waals surface area (Å²) in [6.07, 6.45) is 0. The van der Waals surface area contributed by atoms with E-state index < -0.39 is 0 Å². The monoisotopic (exact) mass is 534 g/mol. The standard InChI is InChI=1S/C23H29Cl3N4O2.ClH/c1-15(2)28-9-10-30(21-8-5-17(24)11-16(21)3)23(32)14-27-13-22(31)29(4)18-6-7-19(25)20(26)12-18;/h5-8,11-12,15,27-28H,9-10,13-14H2,1-4H3;1H. The third-order valence-corrected chi connectivity index (χ3v) is 5.83. The Morgan fingerprint density at radius 2 is 1.64 bits per heavy atom. The van der Waals surface area contributed by atoms with Crippen molar-refractivity contribution >= 4 is 70.4 Å². The van der Waals surface area contributed by atoms with E-state index in [2.05, 4.69) is 24.5 Å². The van der Waals surface area contributed by atoms with Crippen LogP contribution in [0.3, 0.4) is 0 Å². The summed E-state index contributed by atoms with van der Waals surface area (Å²) in [5.41, 5.74) is 2.33. The van der Waals surface area contributed by atoms with Crippen molar-refractivity contribution in [1.82, 2.24) is 10.6 Å². The van der Waals surface area contributed by atoms with Crippen LogP contribution in [0.25, 0.3) is 0 Å². The highest BCUT2D eigenvalue weighted by Gasteiger charge is 2.19. The molecule has 0 aliphatic heterocycles. The molecular formula is C23H30Cl4N4O2. The SMILES string of the molecule is Cc1cc(Cl)ccc1N(CCNC(C)C)C(=O)CNCC(=O)N(C)c1ccc(Cl)c(Cl)c1.Cl. The van der Waals surface area contributed by atoms with Crippen molar-refractivity contribution in [2.75, 3.05) is 43.0 Å². The summed E-state index contributed by atoms with van der Waals surface area (Å²) in [7, 11) is 1.65. The fraction of sp³-hybridized carbons (Fsp3) is 0.391. The van der Waals surface area contributed by atoms with Gasteiger partial charge < -0.3 is 15.1 Å². The first-order valence-corrected chi connectivity index (χ1v) is 11.5. The van der Waals surface area contributed by atoms with E-state index in [-0.39, 0.29) is 37.3 Å². The minimum absolute atomic E-state index is 0. The molecule has 0 aliphatic rings. The van der Waals surface area contributed by atoms with Gasteiger partial charge in [0.05, 0.1) is 23.1 Å². The molecule has 2 N–H and O–H groups in total. The summed E-state index contributed by atoms with van der Waals surface area (Å²) in [5, 5.41) is 7.69. The topological polar surface area (TPSA) is 64.7 Å². The van der Waals surface area contributed by atoms with Crippen LogP contribution in [0.4, 0.5) is 11.4 Å². The van der Waals surface area contributed by atoms with Crippen molar-refractivity contribution in [2.24, 2.45) is 0 Å². The highest BCUT2D eigenvalue weighted by Crippen LogP contribution is 2.27. The number of benzene rings is 2. The molecule has 0 bridgehead atoms. The molecule has 0 atom stereocenters. The summed E-state index contributed by atoms with van der Waals surface area (Å²) < 4.78 is 0. The highest BCUT2D eigenvalue weighted by molar-refractivity contribution is 6.42. The van der Waals surface area contributed by atoms with Crippen molar-refractivity contribution in [1.29, 1.82) is 0 Å². The fourth-order valence-corrected chi connectivity index (χ4v) is 3.61. The number of nitrogens with one attached hydrogen (secondary N) is 2. The summed E-state index contributed by atoms with van der Waals surface area (Å²) in [6, 6.07) is 10.7. The van der Waals surface area contributed by atoms with Crippen LogP contribution in [0.2, 0.25) is 15.1 Å². The predicted molar refractivity (Wildman–Crippen MR) is 142 cm³/mol. The van der Waals surface area contributed by atoms with E-state index in [0.717, 1.165) is 11.3 Å². The van der Waals surface area contributed by atoms with Crippen molar-refractivity contribution in [3.8, 4) is 0 Å². The van der Waals surface area contributed by atoms with Gasteiger partial charge in [-0.1, -0.05) is 48.7 Å². The lowest BCUT2D eigenvalue weighted by atomic mass is 10.1. The Morgan fingerprint density at radius 3 is 2.24 bits per heavy atom. The minimum Gasteiger partial charge on any atom is -0.314 e. The Balaban J connectivity index is 0.00000544. The first kappa shape index (κ1) is 29.5. The van der Waals surface area contributed by atoms with Crippen molar-refractivity contribution in [3.05, 3.63) is 57.0 Å². The Bertz CT molecular complexity index is 956. The normalized spacial score (nSPS) is 10.7. The number of carbonyl (C=O) groups is 2. The van der Waals surface area contributed by atoms with Crippen LogP contribution >= 0.6 is 47.2 Å². The number of aryl methyl sites for hydroxylation is 1. The number of halogens is 4. The number of amides is 2. The molecular weight excluding hydrogens is 506 g/mol. The summed E-state index contributed by atoms with van der Waals surface area (Å²) >= 11 is 18.0. The van der Waals surface area contributed by atoms with Gasteiger partial charge in [-0.3, -0.25) is 14.9 Å². The zero-order valence-corrected chi connectivity index (χ0v) is 22.2. The van der Waals surface area contributed by atoms with Gasteiger partial charge >= 0.3 is 0 Å². The van der Waals surface area contributed by atoms with E-state index >= 15 is 0 Å². The van der Waals surface area contributed by atoms with Gasteiger partial charge in [-0.15, -0.1) is 12.4 Å². The summed E-state index contributed by atoms with van der Waals surface area (Å²) in [4.78, 5) is 28.7. The Kier molecular flexibility index (Phi) is 12.5. The van der Waals surface area contributed by atoms with E-state index in [9.17, 15) is 9.59 Å². The van der Waals surface area contributed by atoms with Crippen molar-refractivity contribution in [2.45, 2.75) is 26.8 Å². The van der Waals surface area contributed by atoms with Gasteiger partial charge in [0, 0.05) is 42.6 Å². The highest BCUT2D eigenvalue weighted by atomic mass is 35.5. The molecule has 2 rings (SSSR count). The lowest BCUT2D eigenvalue weighted by Crippen LogP contribution is -2.45. The van der Waals surface area contributed by atoms with Crippen LogP contribution in [0.5, 0.6) is 0 Å². The fourth-order valence-electron chi connectivity index (χ4n) is 3.09. The van der Waals surface area contributed by atoms with Crippen LogP contribution in [-0.2, 0) is 9.59 Å². The maximum absolute atomic E-state index is 13.0. The van der Waals surface area contributed by atoms with Crippen LogP contribution in [0, 0.1) is 6.92 Å². The first-order chi connectivity index (χ1) is 15.1. The molecule has 0 fully saturated rings. The van der Waals surface area contributed by atoms with E-state index in [0.29, 0.717) is 39.9 Å². The number of hydrogen-bond acceptors (Lipinski definition) is 4. The van der Waals surface area contributed by atoms with E-state index in [1.54, 1.807) is 36.2 Å². The zero-order chi connectivity index (χ0) is 23.8. The summed E-state index contributed by atoms with van der Waals surface area (Å²) in [6.45, 7) is 7.18. The quantitative estimate of drug-likeness (QED) is 0.451. The molecule has 182 valence electrons. The molecule has 0 radical (unpaired) electrons. The second kappa shape index (κ2) is 14.0. The second-order valence-corrected chi connectivity index (χ2v) is 8.99. The lowest BCUT2D eigenvalue weighted by molar-refractivity contribution is -0.118. The molecule has 0 unspecified atom stereocenters. The van der Waals surface area contributed by atoms with Gasteiger partial charge in [0.25, 0.3) is 0 Å². The number of anilines is 2. The van der Waals surface area contributed by atoms with Crippen molar-refractivity contribution < 1.29 is 9.59 Å². The number of rotatable bonds is 10. The third-order valence-electron chi connectivity index (χ3n) is 4.86. The maximum atomic E-state index is 13.0. The molecule has 6 nitrogen and oxygen atoms in total. The van der Waals surface area contributed by atoms with Crippen LogP contribution in [-0.4, -0.2) is 51.1 Å². The number of carbonyl (C=O) groups excluding carboxylic acids is 2. The van der Waals surface area contributed by atoms with E-state index in [4.69, 9.17) is 34.8 Å². The van der Waals surface area contributed by atoms with Crippen LogP contribution < -0.4 is 20.4 Å². The van der Waals surface area contributed by atoms with Crippen molar-refractivity contribution in [3.63, 3.8) is 0 Å². The molecule has 0 aromatic heterocycles. The predicted octanol–water partition coefficient (Wildman–Crippen LogP) is 4.96. The van der Waals surface area contributed by atoms with Gasteiger partial charge in [0.2, 0.25) is 11.8 Å². The van der Waals surface area contributed by atoms with Gasteiger partial charge in [-0.05, 0) is 48.9 Å². The third kappa shape index (κ3) is 8.96. The van der Waals surface area contributed by atoms with Gasteiger partial charge in [-0.2, -0.15) is 0 Å².